The van der Waals surface area contributed by atoms with Gasteiger partial charge in [0.15, 0.2) is 0 Å². The van der Waals surface area contributed by atoms with Gasteiger partial charge in [-0.1, -0.05) is 27.5 Å². The smallest absolute Gasteiger partial charge is 0.137 e. The van der Waals surface area contributed by atoms with Crippen LogP contribution in [0.3, 0.4) is 0 Å². The standard InChI is InChI=1S/C15H13BrClNO2/c1-20-14-5-3-10(17)7-12(14)15(19)8-18-13-4-2-9(16)6-11(13)15/h2-7,18-19H,8H2,1H3. The summed E-state index contributed by atoms with van der Waals surface area (Å²) in [6.07, 6.45) is 0. The van der Waals surface area contributed by atoms with Gasteiger partial charge in [-0.25, -0.2) is 0 Å². The van der Waals surface area contributed by atoms with Crippen LogP contribution in [0.15, 0.2) is 40.9 Å². The summed E-state index contributed by atoms with van der Waals surface area (Å²) in [6.45, 7) is 0.384. The van der Waals surface area contributed by atoms with Gasteiger partial charge in [0.1, 0.15) is 11.4 Å². The van der Waals surface area contributed by atoms with Gasteiger partial charge in [-0.05, 0) is 36.4 Å². The minimum atomic E-state index is -1.16. The van der Waals surface area contributed by atoms with E-state index in [-0.39, 0.29) is 0 Å². The van der Waals surface area contributed by atoms with E-state index in [1.807, 2.05) is 18.2 Å². The van der Waals surface area contributed by atoms with Crippen LogP contribution in [-0.4, -0.2) is 18.8 Å². The topological polar surface area (TPSA) is 41.5 Å². The second-order valence-corrected chi connectivity index (χ2v) is 6.10. The van der Waals surface area contributed by atoms with E-state index in [4.69, 9.17) is 16.3 Å². The quantitative estimate of drug-likeness (QED) is 0.862. The van der Waals surface area contributed by atoms with Crippen LogP contribution < -0.4 is 10.1 Å². The van der Waals surface area contributed by atoms with Gasteiger partial charge in [0.2, 0.25) is 0 Å². The number of benzene rings is 2. The average Bonchev–Trinajstić information content (AvgIpc) is 2.77. The van der Waals surface area contributed by atoms with Gasteiger partial charge >= 0.3 is 0 Å². The third-order valence-corrected chi connectivity index (χ3v) is 4.30. The van der Waals surface area contributed by atoms with Gasteiger partial charge in [-0.15, -0.1) is 0 Å². The van der Waals surface area contributed by atoms with Gasteiger partial charge in [0.25, 0.3) is 0 Å². The van der Waals surface area contributed by atoms with Crippen LogP contribution in [0.5, 0.6) is 5.75 Å². The van der Waals surface area contributed by atoms with Crippen molar-refractivity contribution >= 4 is 33.2 Å². The first kappa shape index (κ1) is 13.7. The number of aliphatic hydroxyl groups is 1. The molecule has 1 unspecified atom stereocenters. The summed E-state index contributed by atoms with van der Waals surface area (Å²) < 4.78 is 6.28. The number of hydrogen-bond donors (Lipinski definition) is 2. The molecule has 3 rings (SSSR count). The van der Waals surface area contributed by atoms with Crippen molar-refractivity contribution in [2.24, 2.45) is 0 Å². The number of methoxy groups -OCH3 is 1. The highest BCUT2D eigenvalue weighted by Gasteiger charge is 2.40. The Bertz CT molecular complexity index is 677. The fourth-order valence-electron chi connectivity index (χ4n) is 2.57. The molecule has 0 aromatic heterocycles. The Kier molecular flexibility index (Phi) is 3.40. The molecule has 2 aromatic carbocycles. The molecule has 0 fully saturated rings. The highest BCUT2D eigenvalue weighted by atomic mass is 79.9. The van der Waals surface area contributed by atoms with E-state index in [1.54, 1.807) is 25.3 Å². The third kappa shape index (κ3) is 2.08. The molecule has 0 bridgehead atoms. The molecule has 0 saturated carbocycles. The van der Waals surface area contributed by atoms with Gasteiger partial charge < -0.3 is 15.2 Å². The van der Waals surface area contributed by atoms with Gasteiger partial charge in [0.05, 0.1) is 13.7 Å². The Morgan fingerprint density at radius 3 is 2.80 bits per heavy atom. The van der Waals surface area contributed by atoms with Crippen LogP contribution >= 0.6 is 27.5 Å². The van der Waals surface area contributed by atoms with Gasteiger partial charge in [-0.2, -0.15) is 0 Å². The maximum atomic E-state index is 11.2. The molecule has 1 aliphatic heterocycles. The number of halogens is 2. The molecular formula is C15H13BrClNO2. The van der Waals surface area contributed by atoms with Gasteiger partial charge in [0, 0.05) is 26.3 Å². The molecular weight excluding hydrogens is 342 g/mol. The lowest BCUT2D eigenvalue weighted by Crippen LogP contribution is -2.30. The van der Waals surface area contributed by atoms with E-state index >= 15 is 0 Å². The number of fused-ring (bicyclic) bond motifs is 1. The van der Waals surface area contributed by atoms with Crippen molar-refractivity contribution in [1.29, 1.82) is 0 Å². The van der Waals surface area contributed by atoms with Crippen molar-refractivity contribution < 1.29 is 9.84 Å². The summed E-state index contributed by atoms with van der Waals surface area (Å²) in [6, 6.07) is 11.1. The predicted octanol–water partition coefficient (Wildman–Crippen LogP) is 3.77. The zero-order valence-corrected chi connectivity index (χ0v) is 13.1. The fourth-order valence-corrected chi connectivity index (χ4v) is 3.11. The van der Waals surface area contributed by atoms with Crippen molar-refractivity contribution in [2.75, 3.05) is 19.0 Å². The lowest BCUT2D eigenvalue weighted by Gasteiger charge is -2.25. The van der Waals surface area contributed by atoms with Crippen molar-refractivity contribution in [3.8, 4) is 5.75 Å². The number of β-amino-alcohol motifs (C(OH)–C–C–N with tert-alkyl or cyclic N) is 1. The molecule has 1 aliphatic rings. The van der Waals surface area contributed by atoms with Crippen LogP contribution in [0.2, 0.25) is 5.02 Å². The Labute approximate surface area is 130 Å². The molecule has 0 amide bonds. The first-order valence-electron chi connectivity index (χ1n) is 6.15. The molecule has 0 radical (unpaired) electrons. The maximum Gasteiger partial charge on any atom is 0.137 e. The monoisotopic (exact) mass is 353 g/mol. The van der Waals surface area contributed by atoms with E-state index in [0.717, 1.165) is 15.7 Å². The normalized spacial score (nSPS) is 20.4. The van der Waals surface area contributed by atoms with Crippen LogP contribution in [0.4, 0.5) is 5.69 Å². The van der Waals surface area contributed by atoms with Crippen molar-refractivity contribution in [1.82, 2.24) is 0 Å². The van der Waals surface area contributed by atoms with Crippen LogP contribution in [-0.2, 0) is 5.60 Å². The molecule has 3 nitrogen and oxygen atoms in total. The SMILES string of the molecule is COc1ccc(Cl)cc1C1(O)CNc2ccc(Br)cc21. The Hall–Kier alpha value is -1.23. The first-order valence-corrected chi connectivity index (χ1v) is 7.32. The summed E-state index contributed by atoms with van der Waals surface area (Å²) in [5, 5.41) is 14.9. The molecule has 5 heteroatoms. The molecule has 1 heterocycles. The Morgan fingerprint density at radius 1 is 1.25 bits per heavy atom. The molecule has 2 N–H and O–H groups in total. The zero-order valence-electron chi connectivity index (χ0n) is 10.8. The van der Waals surface area contributed by atoms with Crippen LogP contribution in [0.1, 0.15) is 11.1 Å². The minimum absolute atomic E-state index is 0.384. The largest absolute Gasteiger partial charge is 0.496 e. The number of rotatable bonds is 2. The average molecular weight is 355 g/mol. The number of ether oxygens (including phenoxy) is 1. The summed E-state index contributed by atoms with van der Waals surface area (Å²) in [5.74, 6) is 0.617. The fraction of sp³-hybridized carbons (Fsp3) is 0.200. The van der Waals surface area contributed by atoms with E-state index in [0.29, 0.717) is 22.9 Å². The van der Waals surface area contributed by atoms with Crippen molar-refractivity contribution in [3.63, 3.8) is 0 Å². The second kappa shape index (κ2) is 4.95. The molecule has 0 spiro atoms. The van der Waals surface area contributed by atoms with Crippen LogP contribution in [0, 0.1) is 0 Å². The summed E-state index contributed by atoms with van der Waals surface area (Å²) in [5.41, 5.74) is 1.23. The number of anilines is 1. The maximum absolute atomic E-state index is 11.2. The zero-order chi connectivity index (χ0) is 14.3. The Morgan fingerprint density at radius 2 is 2.05 bits per heavy atom. The Balaban J connectivity index is 2.21. The van der Waals surface area contributed by atoms with E-state index < -0.39 is 5.60 Å². The first-order chi connectivity index (χ1) is 9.54. The second-order valence-electron chi connectivity index (χ2n) is 4.75. The minimum Gasteiger partial charge on any atom is -0.496 e. The van der Waals surface area contributed by atoms with E-state index in [1.165, 1.54) is 0 Å². The lowest BCUT2D eigenvalue weighted by atomic mass is 9.87. The molecule has 2 aromatic rings. The molecule has 0 aliphatic carbocycles. The molecule has 0 saturated heterocycles. The highest BCUT2D eigenvalue weighted by molar-refractivity contribution is 9.10. The van der Waals surface area contributed by atoms with Gasteiger partial charge in [-0.3, -0.25) is 0 Å². The van der Waals surface area contributed by atoms with Crippen LogP contribution in [0.25, 0.3) is 0 Å². The summed E-state index contributed by atoms with van der Waals surface area (Å²) in [4.78, 5) is 0. The van der Waals surface area contributed by atoms with E-state index in [2.05, 4.69) is 21.2 Å². The molecule has 104 valence electrons. The lowest BCUT2D eigenvalue weighted by molar-refractivity contribution is 0.0996. The molecule has 20 heavy (non-hydrogen) atoms. The number of nitrogens with one attached hydrogen (secondary N) is 1. The van der Waals surface area contributed by atoms with Crippen molar-refractivity contribution in [2.45, 2.75) is 5.60 Å². The van der Waals surface area contributed by atoms with E-state index in [9.17, 15) is 5.11 Å². The molecule has 1 atom stereocenters. The summed E-state index contributed by atoms with van der Waals surface area (Å²) >= 11 is 9.52. The van der Waals surface area contributed by atoms with Crippen molar-refractivity contribution in [3.05, 3.63) is 57.0 Å². The third-order valence-electron chi connectivity index (χ3n) is 3.57. The number of hydrogen-bond acceptors (Lipinski definition) is 3. The predicted molar refractivity (Wildman–Crippen MR) is 83.6 cm³/mol. The highest BCUT2D eigenvalue weighted by Crippen LogP contribution is 2.44. The summed E-state index contributed by atoms with van der Waals surface area (Å²) in [7, 11) is 1.58.